The van der Waals surface area contributed by atoms with Gasteiger partial charge in [-0.3, -0.25) is 0 Å². The van der Waals surface area contributed by atoms with Gasteiger partial charge in [0.05, 0.1) is 6.33 Å². The van der Waals surface area contributed by atoms with E-state index < -0.39 is 0 Å². The minimum Gasteiger partial charge on any atom is -0.348 e. The monoisotopic (exact) mass is 348 g/mol. The molecule has 1 aromatic heterocycles. The zero-order valence-electron chi connectivity index (χ0n) is 16.6. The van der Waals surface area contributed by atoms with Crippen LogP contribution < -0.4 is 0 Å². The lowest BCUT2D eigenvalue weighted by Gasteiger charge is -2.20. The second-order valence-corrected chi connectivity index (χ2v) is 7.33. The minimum atomic E-state index is 0. The van der Waals surface area contributed by atoms with E-state index in [9.17, 15) is 0 Å². The lowest BCUT2D eigenvalue weighted by Crippen LogP contribution is -2.05. The van der Waals surface area contributed by atoms with E-state index in [1.54, 1.807) is 6.33 Å². The summed E-state index contributed by atoms with van der Waals surface area (Å²) in [6.07, 6.45) is 18.7. The number of H-pyrrole nitrogens is 1. The standard InChI is InChI=1S/C12H22.C8H12N2.C2H6.CH4/c1-2-3-4-6-9-12-10-7-5-8-11-12;1-5-6(2)8(5)7-3-9-4-10-7;1-2;/h2,12H,1,3-11H2;3-6,8H,1-2H3,(H,9,10);1-2H3;1H4. The van der Waals surface area contributed by atoms with Crippen LogP contribution in [0.5, 0.6) is 0 Å². The molecule has 1 aromatic rings. The second-order valence-electron chi connectivity index (χ2n) is 7.33. The molecule has 0 bridgehead atoms. The van der Waals surface area contributed by atoms with E-state index in [1.165, 1.54) is 63.5 Å². The molecule has 2 saturated carbocycles. The highest BCUT2D eigenvalue weighted by molar-refractivity contribution is 5.16. The van der Waals surface area contributed by atoms with Gasteiger partial charge >= 0.3 is 0 Å². The van der Waals surface area contributed by atoms with E-state index in [-0.39, 0.29) is 7.43 Å². The third-order valence-electron chi connectivity index (χ3n) is 5.70. The first-order chi connectivity index (χ1) is 11.7. The first kappa shape index (κ1) is 23.9. The van der Waals surface area contributed by atoms with E-state index in [4.69, 9.17) is 0 Å². The fourth-order valence-electron chi connectivity index (χ4n) is 3.88. The van der Waals surface area contributed by atoms with Gasteiger partial charge in [0.1, 0.15) is 0 Å². The predicted octanol–water partition coefficient (Wildman–Crippen LogP) is 7.75. The van der Waals surface area contributed by atoms with Crippen molar-refractivity contribution < 1.29 is 0 Å². The first-order valence-electron chi connectivity index (χ1n) is 10.3. The summed E-state index contributed by atoms with van der Waals surface area (Å²) in [5.41, 5.74) is 1.31. The van der Waals surface area contributed by atoms with Crippen LogP contribution in [0.2, 0.25) is 0 Å². The Hall–Kier alpha value is -1.05. The van der Waals surface area contributed by atoms with Crippen molar-refractivity contribution >= 4 is 0 Å². The highest BCUT2D eigenvalue weighted by Gasteiger charge is 2.44. The van der Waals surface area contributed by atoms with Gasteiger partial charge in [0.25, 0.3) is 0 Å². The van der Waals surface area contributed by atoms with Crippen LogP contribution in [-0.4, -0.2) is 9.97 Å². The van der Waals surface area contributed by atoms with Crippen molar-refractivity contribution in [3.05, 3.63) is 30.9 Å². The van der Waals surface area contributed by atoms with Crippen LogP contribution in [0.25, 0.3) is 0 Å². The molecular weight excluding hydrogens is 304 g/mol. The van der Waals surface area contributed by atoms with Crippen molar-refractivity contribution in [3.8, 4) is 0 Å². The maximum Gasteiger partial charge on any atom is 0.0921 e. The van der Waals surface area contributed by atoms with Gasteiger partial charge < -0.3 is 4.98 Å². The zero-order chi connectivity index (χ0) is 17.8. The molecule has 25 heavy (non-hydrogen) atoms. The van der Waals surface area contributed by atoms with Gasteiger partial charge in [0, 0.05) is 17.8 Å². The molecule has 0 spiro atoms. The second kappa shape index (κ2) is 14.2. The third-order valence-corrected chi connectivity index (χ3v) is 5.70. The average molecular weight is 349 g/mol. The number of rotatable bonds is 6. The Labute approximate surface area is 157 Å². The third kappa shape index (κ3) is 8.74. The fourth-order valence-corrected chi connectivity index (χ4v) is 3.88. The summed E-state index contributed by atoms with van der Waals surface area (Å²) < 4.78 is 0. The summed E-state index contributed by atoms with van der Waals surface area (Å²) in [7, 11) is 0. The molecule has 0 radical (unpaired) electrons. The van der Waals surface area contributed by atoms with Gasteiger partial charge in [-0.1, -0.05) is 86.1 Å². The average Bonchev–Trinajstić information content (AvgIpc) is 3.03. The SMILES string of the molecule is C.C=CCCCCC1CCCCC1.CC.CC1C(C)C1c1cnc[nH]1. The number of hydrogen-bond acceptors (Lipinski definition) is 1. The molecule has 2 heteroatoms. The molecule has 0 aromatic carbocycles. The summed E-state index contributed by atoms with van der Waals surface area (Å²) in [6.45, 7) is 12.3. The number of unbranched alkanes of at least 4 members (excludes halogenated alkanes) is 2. The molecule has 146 valence electrons. The lowest BCUT2D eigenvalue weighted by molar-refractivity contribution is 0.330. The maximum absolute atomic E-state index is 4.00. The maximum atomic E-state index is 4.00. The van der Waals surface area contributed by atoms with Crippen LogP contribution >= 0.6 is 0 Å². The minimum absolute atomic E-state index is 0. The molecule has 2 aliphatic carbocycles. The number of aromatic amines is 1. The Morgan fingerprint density at radius 1 is 1.12 bits per heavy atom. The summed E-state index contributed by atoms with van der Waals surface area (Å²) >= 11 is 0. The van der Waals surface area contributed by atoms with Gasteiger partial charge in [0.15, 0.2) is 0 Å². The Balaban J connectivity index is 0.000000408. The van der Waals surface area contributed by atoms with Gasteiger partial charge in [-0.15, -0.1) is 6.58 Å². The highest BCUT2D eigenvalue weighted by Crippen LogP contribution is 2.52. The van der Waals surface area contributed by atoms with Crippen molar-refractivity contribution in [3.63, 3.8) is 0 Å². The topological polar surface area (TPSA) is 28.7 Å². The molecule has 2 unspecified atom stereocenters. The zero-order valence-corrected chi connectivity index (χ0v) is 16.6. The Kier molecular flexibility index (Phi) is 13.6. The van der Waals surface area contributed by atoms with E-state index in [0.29, 0.717) is 0 Å². The molecular formula is C23H44N2. The molecule has 3 rings (SSSR count). The quantitative estimate of drug-likeness (QED) is 0.413. The van der Waals surface area contributed by atoms with Crippen molar-refractivity contribution in [2.75, 3.05) is 0 Å². The largest absolute Gasteiger partial charge is 0.348 e. The Morgan fingerprint density at radius 2 is 1.76 bits per heavy atom. The van der Waals surface area contributed by atoms with Crippen molar-refractivity contribution in [1.82, 2.24) is 9.97 Å². The predicted molar refractivity (Wildman–Crippen MR) is 113 cm³/mol. The van der Waals surface area contributed by atoms with E-state index in [0.717, 1.165) is 23.7 Å². The molecule has 2 nitrogen and oxygen atoms in total. The lowest BCUT2D eigenvalue weighted by atomic mass is 9.86. The van der Waals surface area contributed by atoms with Crippen LogP contribution in [-0.2, 0) is 0 Å². The van der Waals surface area contributed by atoms with Crippen LogP contribution in [0.4, 0.5) is 0 Å². The number of nitrogens with one attached hydrogen (secondary N) is 1. The number of nitrogens with zero attached hydrogens (tertiary/aromatic N) is 1. The van der Waals surface area contributed by atoms with Crippen molar-refractivity contribution in [1.29, 1.82) is 0 Å². The van der Waals surface area contributed by atoms with Crippen molar-refractivity contribution in [2.24, 2.45) is 17.8 Å². The van der Waals surface area contributed by atoms with Crippen LogP contribution in [0.3, 0.4) is 0 Å². The number of hydrogen-bond donors (Lipinski definition) is 1. The van der Waals surface area contributed by atoms with Crippen LogP contribution in [0.15, 0.2) is 25.2 Å². The number of imidazole rings is 1. The van der Waals surface area contributed by atoms with Gasteiger partial charge in [-0.25, -0.2) is 4.98 Å². The number of allylic oxidation sites excluding steroid dienone is 1. The Bertz CT molecular complexity index is 396. The molecule has 0 amide bonds. The summed E-state index contributed by atoms with van der Waals surface area (Å²) in [5, 5.41) is 0. The summed E-state index contributed by atoms with van der Waals surface area (Å²) in [4.78, 5) is 7.15. The molecule has 0 aliphatic heterocycles. The smallest absolute Gasteiger partial charge is 0.0921 e. The molecule has 2 atom stereocenters. The van der Waals surface area contributed by atoms with Gasteiger partial charge in [-0.2, -0.15) is 0 Å². The first-order valence-corrected chi connectivity index (χ1v) is 10.3. The Morgan fingerprint density at radius 3 is 2.24 bits per heavy atom. The van der Waals surface area contributed by atoms with E-state index in [1.807, 2.05) is 26.1 Å². The van der Waals surface area contributed by atoms with Crippen LogP contribution in [0.1, 0.15) is 105 Å². The van der Waals surface area contributed by atoms with E-state index in [2.05, 4.69) is 30.4 Å². The van der Waals surface area contributed by atoms with Crippen molar-refractivity contribution in [2.45, 2.75) is 98.8 Å². The highest BCUT2D eigenvalue weighted by atomic mass is 14.9. The summed E-state index contributed by atoms with van der Waals surface area (Å²) in [6, 6.07) is 0. The van der Waals surface area contributed by atoms with Crippen LogP contribution in [0, 0.1) is 17.8 Å². The van der Waals surface area contributed by atoms with Gasteiger partial charge in [0.2, 0.25) is 0 Å². The normalized spacial score (nSPS) is 24.7. The number of aromatic nitrogens is 2. The molecule has 1 N–H and O–H groups in total. The molecule has 0 saturated heterocycles. The van der Waals surface area contributed by atoms with E-state index >= 15 is 0 Å². The van der Waals surface area contributed by atoms with Gasteiger partial charge in [-0.05, 0) is 30.6 Å². The molecule has 1 heterocycles. The molecule has 2 aliphatic rings. The molecule has 2 fully saturated rings. The summed E-state index contributed by atoms with van der Waals surface area (Å²) in [5.74, 6) is 3.52. The fraction of sp³-hybridized carbons (Fsp3) is 0.783.